The van der Waals surface area contributed by atoms with E-state index >= 15 is 0 Å². The first-order valence-electron chi connectivity index (χ1n) is 9.77. The van der Waals surface area contributed by atoms with Gasteiger partial charge in [-0.2, -0.15) is 0 Å². The number of anilines is 1. The Hall–Kier alpha value is -2.71. The number of aromatic nitrogens is 2. The van der Waals surface area contributed by atoms with Crippen LogP contribution in [0.25, 0.3) is 0 Å². The van der Waals surface area contributed by atoms with Crippen LogP contribution in [0.1, 0.15) is 63.7 Å². The van der Waals surface area contributed by atoms with Crippen LogP contribution in [-0.4, -0.2) is 27.2 Å². The first-order chi connectivity index (χ1) is 14.6. The molecule has 0 aliphatic rings. The van der Waals surface area contributed by atoms with E-state index in [2.05, 4.69) is 62.3 Å². The summed E-state index contributed by atoms with van der Waals surface area (Å²) in [6.45, 7) is 10.9. The molecule has 0 fully saturated rings. The van der Waals surface area contributed by atoms with Crippen molar-refractivity contribution in [3.8, 4) is 0 Å². The van der Waals surface area contributed by atoms with Gasteiger partial charge < -0.3 is 5.11 Å². The summed E-state index contributed by atoms with van der Waals surface area (Å²) in [5.74, 6) is -0.912. The number of thioether (sulfide) groups is 1. The number of nitrogens with one attached hydrogen (secondary N) is 1. The summed E-state index contributed by atoms with van der Waals surface area (Å²) in [6.07, 6.45) is 0. The van der Waals surface area contributed by atoms with Crippen molar-refractivity contribution in [1.82, 2.24) is 10.2 Å². The van der Waals surface area contributed by atoms with Crippen molar-refractivity contribution in [2.75, 3.05) is 5.32 Å². The summed E-state index contributed by atoms with van der Waals surface area (Å²) in [4.78, 5) is 23.8. The number of amides is 1. The van der Waals surface area contributed by atoms with Crippen LogP contribution >= 0.6 is 23.1 Å². The molecule has 1 heterocycles. The Morgan fingerprint density at radius 1 is 1.06 bits per heavy atom. The number of hydrogen-bond acceptors (Lipinski definition) is 6. The Bertz CT molecular complexity index is 1110. The molecule has 0 atom stereocenters. The number of hydrogen-bond donors (Lipinski definition) is 2. The topological polar surface area (TPSA) is 92.2 Å². The van der Waals surface area contributed by atoms with Gasteiger partial charge in [-0.25, -0.2) is 4.79 Å². The highest BCUT2D eigenvalue weighted by Crippen LogP contribution is 2.33. The number of rotatable bonds is 6. The molecule has 6 nitrogen and oxygen atoms in total. The zero-order valence-corrected chi connectivity index (χ0v) is 19.8. The second-order valence-electron chi connectivity index (χ2n) is 8.31. The lowest BCUT2D eigenvalue weighted by Gasteiger charge is -2.22. The summed E-state index contributed by atoms with van der Waals surface area (Å²) < 4.78 is 0.737. The van der Waals surface area contributed by atoms with Crippen LogP contribution in [0.5, 0.6) is 0 Å². The van der Waals surface area contributed by atoms with Crippen LogP contribution in [0, 0.1) is 13.8 Å². The van der Waals surface area contributed by atoms with Crippen molar-refractivity contribution in [2.24, 2.45) is 0 Å². The number of carbonyl (C=O) groups excluding carboxylic acids is 1. The van der Waals surface area contributed by atoms with Crippen LogP contribution in [0.3, 0.4) is 0 Å². The highest BCUT2D eigenvalue weighted by molar-refractivity contribution is 8.00. The van der Waals surface area contributed by atoms with Gasteiger partial charge in [-0.05, 0) is 53.6 Å². The fourth-order valence-electron chi connectivity index (χ4n) is 3.14. The summed E-state index contributed by atoms with van der Waals surface area (Å²) in [5.41, 5.74) is 5.23. The number of aromatic carboxylic acids is 1. The molecule has 3 rings (SSSR count). The molecule has 0 bridgehead atoms. The molecular weight excluding hydrogens is 430 g/mol. The quantitative estimate of drug-likeness (QED) is 0.366. The number of carbonyl (C=O) groups is 2. The maximum absolute atomic E-state index is 12.5. The zero-order valence-electron chi connectivity index (χ0n) is 18.1. The van der Waals surface area contributed by atoms with Gasteiger partial charge in [0.2, 0.25) is 5.13 Å². The molecule has 2 aromatic carbocycles. The van der Waals surface area contributed by atoms with Gasteiger partial charge in [0.1, 0.15) is 0 Å². The number of carboxylic acids is 1. The minimum atomic E-state index is -1.15. The van der Waals surface area contributed by atoms with Gasteiger partial charge in [0, 0.05) is 5.75 Å². The summed E-state index contributed by atoms with van der Waals surface area (Å²) >= 11 is 2.84. The lowest BCUT2D eigenvalue weighted by Crippen LogP contribution is -2.16. The standard InChI is InChI=1S/C23H25N3O3S2/c1-13-10-15(23(3,4)5)11-14(2)18(13)12-30-22-26-25-21(31-22)24-19(27)16-8-6-7-9-17(16)20(28)29/h6-11H,12H2,1-5H3,(H,28,29)(H,24,25,27). The molecule has 8 heteroatoms. The SMILES string of the molecule is Cc1cc(C(C)(C)C)cc(C)c1CSc1nnc(NC(=O)c2ccccc2C(=O)O)s1. The average Bonchev–Trinajstić information content (AvgIpc) is 3.13. The molecule has 162 valence electrons. The van der Waals surface area contributed by atoms with Crippen molar-refractivity contribution >= 4 is 40.1 Å². The Morgan fingerprint density at radius 2 is 1.68 bits per heavy atom. The molecule has 0 radical (unpaired) electrons. The van der Waals surface area contributed by atoms with Crippen LogP contribution < -0.4 is 5.32 Å². The fourth-order valence-corrected chi connectivity index (χ4v) is 5.08. The van der Waals surface area contributed by atoms with Gasteiger partial charge in [0.05, 0.1) is 11.1 Å². The zero-order chi connectivity index (χ0) is 22.8. The molecule has 3 aromatic rings. The van der Waals surface area contributed by atoms with E-state index in [0.717, 1.165) is 10.1 Å². The van der Waals surface area contributed by atoms with Crippen molar-refractivity contribution in [2.45, 2.75) is 50.1 Å². The van der Waals surface area contributed by atoms with Crippen LogP contribution in [0.4, 0.5) is 5.13 Å². The molecule has 0 saturated carbocycles. The summed E-state index contributed by atoms with van der Waals surface area (Å²) in [5, 5.41) is 20.4. The highest BCUT2D eigenvalue weighted by atomic mass is 32.2. The van der Waals surface area contributed by atoms with Gasteiger partial charge >= 0.3 is 5.97 Å². The second kappa shape index (κ2) is 9.20. The summed E-state index contributed by atoms with van der Waals surface area (Å²) in [7, 11) is 0. The van der Waals surface area contributed by atoms with Crippen molar-refractivity contribution < 1.29 is 14.7 Å². The first-order valence-corrected chi connectivity index (χ1v) is 11.6. The van der Waals surface area contributed by atoms with Gasteiger partial charge in [0.15, 0.2) is 4.34 Å². The number of benzene rings is 2. The van der Waals surface area contributed by atoms with E-state index in [1.54, 1.807) is 23.9 Å². The van der Waals surface area contributed by atoms with E-state index in [1.807, 2.05) is 0 Å². The first kappa shape index (κ1) is 23.0. The molecule has 0 aliphatic carbocycles. The van der Waals surface area contributed by atoms with E-state index in [9.17, 15) is 14.7 Å². The largest absolute Gasteiger partial charge is 0.478 e. The van der Waals surface area contributed by atoms with E-state index < -0.39 is 11.9 Å². The molecular formula is C23H25N3O3S2. The second-order valence-corrected chi connectivity index (χ2v) is 10.5. The molecule has 0 spiro atoms. The Labute approximate surface area is 190 Å². The maximum atomic E-state index is 12.5. The van der Waals surface area contributed by atoms with Gasteiger partial charge in [-0.15, -0.1) is 10.2 Å². The number of aryl methyl sites for hydroxylation is 2. The minimum absolute atomic E-state index is 0.0521. The third-order valence-corrected chi connectivity index (χ3v) is 6.93. The molecule has 0 saturated heterocycles. The molecule has 0 unspecified atom stereocenters. The number of carboxylic acid groups (broad SMARTS) is 1. The van der Waals surface area contributed by atoms with Crippen LogP contribution in [0.15, 0.2) is 40.7 Å². The third-order valence-electron chi connectivity index (χ3n) is 4.93. The van der Waals surface area contributed by atoms with E-state index in [1.165, 1.54) is 45.7 Å². The van der Waals surface area contributed by atoms with Crippen molar-refractivity contribution in [1.29, 1.82) is 0 Å². The predicted octanol–water partition coefficient (Wildman–Crippen LogP) is 5.70. The fraction of sp³-hybridized carbons (Fsp3) is 0.304. The van der Waals surface area contributed by atoms with E-state index in [0.29, 0.717) is 5.13 Å². The highest BCUT2D eigenvalue weighted by Gasteiger charge is 2.19. The van der Waals surface area contributed by atoms with Gasteiger partial charge in [0.25, 0.3) is 5.91 Å². The number of nitrogens with zero attached hydrogens (tertiary/aromatic N) is 2. The average molecular weight is 456 g/mol. The van der Waals surface area contributed by atoms with Crippen LogP contribution in [-0.2, 0) is 11.2 Å². The molecule has 31 heavy (non-hydrogen) atoms. The van der Waals surface area contributed by atoms with Gasteiger partial charge in [-0.3, -0.25) is 10.1 Å². The normalized spacial score (nSPS) is 11.4. The van der Waals surface area contributed by atoms with Crippen LogP contribution in [0.2, 0.25) is 0 Å². The Balaban J connectivity index is 1.69. The lowest BCUT2D eigenvalue weighted by molar-refractivity contribution is 0.0692. The Kier molecular flexibility index (Phi) is 6.81. The van der Waals surface area contributed by atoms with E-state index in [4.69, 9.17) is 0 Å². The van der Waals surface area contributed by atoms with E-state index in [-0.39, 0.29) is 16.5 Å². The van der Waals surface area contributed by atoms with Crippen molar-refractivity contribution in [3.05, 3.63) is 69.8 Å². The molecule has 1 amide bonds. The smallest absolute Gasteiger partial charge is 0.336 e. The Morgan fingerprint density at radius 3 is 2.26 bits per heavy atom. The minimum Gasteiger partial charge on any atom is -0.478 e. The van der Waals surface area contributed by atoms with Crippen molar-refractivity contribution in [3.63, 3.8) is 0 Å². The molecule has 2 N–H and O–H groups in total. The molecule has 0 aliphatic heterocycles. The molecule has 1 aromatic heterocycles. The predicted molar refractivity (Wildman–Crippen MR) is 125 cm³/mol. The monoisotopic (exact) mass is 455 g/mol. The van der Waals surface area contributed by atoms with Gasteiger partial charge in [-0.1, -0.05) is 68.1 Å². The maximum Gasteiger partial charge on any atom is 0.336 e. The summed E-state index contributed by atoms with van der Waals surface area (Å²) in [6, 6.07) is 10.6. The third kappa shape index (κ3) is 5.51. The lowest BCUT2D eigenvalue weighted by atomic mass is 9.84.